The maximum atomic E-state index is 9.99. The highest BCUT2D eigenvalue weighted by Crippen LogP contribution is 2.35. The molecule has 0 aliphatic carbocycles. The van der Waals surface area contributed by atoms with Crippen LogP contribution >= 0.6 is 12.4 Å². The van der Waals surface area contributed by atoms with E-state index in [0.717, 1.165) is 42.9 Å². The van der Waals surface area contributed by atoms with Crippen molar-refractivity contribution in [2.45, 2.75) is 6.04 Å². The van der Waals surface area contributed by atoms with E-state index in [-0.39, 0.29) is 25.1 Å². The first kappa shape index (κ1) is 17.0. The van der Waals surface area contributed by atoms with Crippen molar-refractivity contribution in [3.05, 3.63) is 42.0 Å². The maximum absolute atomic E-state index is 9.99. The normalized spacial score (nSPS) is 17.0. The molecule has 0 radical (unpaired) electrons. The number of aliphatic hydroxyl groups excluding tert-OH is 1. The number of aliphatic hydroxyl groups is 1. The molecule has 5 heteroatoms. The third kappa shape index (κ3) is 3.20. The van der Waals surface area contributed by atoms with Gasteiger partial charge in [0.05, 0.1) is 19.8 Å². The minimum absolute atomic E-state index is 0. The van der Waals surface area contributed by atoms with Crippen LogP contribution in [0.5, 0.6) is 5.75 Å². The zero-order valence-electron chi connectivity index (χ0n) is 12.8. The summed E-state index contributed by atoms with van der Waals surface area (Å²) in [6.07, 6.45) is 0. The van der Waals surface area contributed by atoms with Gasteiger partial charge in [-0.05, 0) is 16.8 Å². The van der Waals surface area contributed by atoms with Gasteiger partial charge in [-0.15, -0.1) is 12.4 Å². The summed E-state index contributed by atoms with van der Waals surface area (Å²) in [7, 11) is 1.69. The van der Waals surface area contributed by atoms with Gasteiger partial charge in [0.25, 0.3) is 0 Å². The van der Waals surface area contributed by atoms with E-state index in [0.29, 0.717) is 0 Å². The smallest absolute Gasteiger partial charge is 0.124 e. The summed E-state index contributed by atoms with van der Waals surface area (Å²) in [5, 5.41) is 15.7. The quantitative estimate of drug-likeness (QED) is 0.906. The van der Waals surface area contributed by atoms with E-state index in [9.17, 15) is 5.11 Å². The molecule has 0 aromatic heterocycles. The molecule has 0 unspecified atom stereocenters. The van der Waals surface area contributed by atoms with Crippen molar-refractivity contribution < 1.29 is 9.84 Å². The number of halogens is 1. The molecule has 0 spiro atoms. The molecule has 120 valence electrons. The highest BCUT2D eigenvalue weighted by molar-refractivity contribution is 5.88. The molecule has 0 amide bonds. The Labute approximate surface area is 137 Å². The van der Waals surface area contributed by atoms with E-state index < -0.39 is 0 Å². The summed E-state index contributed by atoms with van der Waals surface area (Å²) in [5.41, 5.74) is 1.10. The van der Waals surface area contributed by atoms with Crippen LogP contribution in [0.25, 0.3) is 10.8 Å². The van der Waals surface area contributed by atoms with E-state index in [4.69, 9.17) is 4.74 Å². The van der Waals surface area contributed by atoms with Gasteiger partial charge in [-0.3, -0.25) is 4.90 Å². The molecule has 1 aliphatic rings. The van der Waals surface area contributed by atoms with Crippen LogP contribution in [0.15, 0.2) is 36.4 Å². The number of hydrogen-bond acceptors (Lipinski definition) is 4. The molecule has 0 saturated carbocycles. The molecule has 2 aromatic carbocycles. The second kappa shape index (κ2) is 7.79. The number of nitrogens with one attached hydrogen (secondary N) is 1. The molecule has 2 aromatic rings. The first-order chi connectivity index (χ1) is 10.3. The number of methoxy groups -OCH3 is 1. The van der Waals surface area contributed by atoms with Crippen LogP contribution in [-0.4, -0.2) is 49.9 Å². The Morgan fingerprint density at radius 2 is 1.91 bits per heavy atom. The second-order valence-electron chi connectivity index (χ2n) is 5.39. The Hall–Kier alpha value is -1.33. The first-order valence-corrected chi connectivity index (χ1v) is 7.46. The van der Waals surface area contributed by atoms with Gasteiger partial charge in [0, 0.05) is 31.7 Å². The van der Waals surface area contributed by atoms with Crippen molar-refractivity contribution in [3.8, 4) is 5.75 Å². The van der Waals surface area contributed by atoms with E-state index in [1.807, 2.05) is 18.2 Å². The average Bonchev–Trinajstić information content (AvgIpc) is 2.56. The molecular formula is C17H23ClN2O2. The number of ether oxygens (including phenoxy) is 1. The highest BCUT2D eigenvalue weighted by Gasteiger charge is 2.25. The number of fused-ring (bicyclic) bond motifs is 1. The molecular weight excluding hydrogens is 300 g/mol. The summed E-state index contributed by atoms with van der Waals surface area (Å²) < 4.78 is 5.57. The fourth-order valence-corrected chi connectivity index (χ4v) is 3.18. The van der Waals surface area contributed by atoms with Crippen molar-refractivity contribution in [2.24, 2.45) is 0 Å². The van der Waals surface area contributed by atoms with Gasteiger partial charge in [0.1, 0.15) is 5.75 Å². The van der Waals surface area contributed by atoms with Gasteiger partial charge < -0.3 is 15.2 Å². The Morgan fingerprint density at radius 3 is 2.59 bits per heavy atom. The molecule has 2 N–H and O–H groups in total. The molecule has 1 heterocycles. The van der Waals surface area contributed by atoms with Crippen LogP contribution in [0.2, 0.25) is 0 Å². The monoisotopic (exact) mass is 322 g/mol. The van der Waals surface area contributed by atoms with Crippen LogP contribution in [-0.2, 0) is 0 Å². The SMILES string of the molecule is COc1ccc2ccccc2c1[C@H](CO)N1CCNCC1.Cl. The number of hydrogen-bond donors (Lipinski definition) is 2. The summed E-state index contributed by atoms with van der Waals surface area (Å²) in [6.45, 7) is 3.91. The van der Waals surface area contributed by atoms with Crippen LogP contribution in [0, 0.1) is 0 Å². The van der Waals surface area contributed by atoms with Gasteiger partial charge in [0.2, 0.25) is 0 Å². The topological polar surface area (TPSA) is 44.7 Å². The van der Waals surface area contributed by atoms with Crippen molar-refractivity contribution in [1.29, 1.82) is 0 Å². The van der Waals surface area contributed by atoms with Crippen LogP contribution in [0.4, 0.5) is 0 Å². The lowest BCUT2D eigenvalue weighted by Crippen LogP contribution is -2.46. The second-order valence-corrected chi connectivity index (χ2v) is 5.39. The predicted octanol–water partition coefficient (Wildman–Crippen LogP) is 2.21. The standard InChI is InChI=1S/C17H22N2O2.ClH/c1-21-16-7-6-13-4-2-3-5-14(13)17(16)15(12-20)19-10-8-18-9-11-19;/h2-7,15,18,20H,8-12H2,1H3;1H/t15-;/m0./s1. The third-order valence-corrected chi connectivity index (χ3v) is 4.25. The number of rotatable bonds is 4. The van der Waals surface area contributed by atoms with Crippen molar-refractivity contribution in [1.82, 2.24) is 10.2 Å². The van der Waals surface area contributed by atoms with E-state index in [1.165, 1.54) is 5.39 Å². The fourth-order valence-electron chi connectivity index (χ4n) is 3.18. The minimum Gasteiger partial charge on any atom is -0.496 e. The van der Waals surface area contributed by atoms with Crippen LogP contribution in [0.3, 0.4) is 0 Å². The van der Waals surface area contributed by atoms with Crippen molar-refractivity contribution >= 4 is 23.2 Å². The Bertz CT molecular complexity index is 615. The maximum Gasteiger partial charge on any atom is 0.124 e. The summed E-state index contributed by atoms with van der Waals surface area (Å²) >= 11 is 0. The number of piperazine rings is 1. The number of nitrogens with zero attached hydrogens (tertiary/aromatic N) is 1. The lowest BCUT2D eigenvalue weighted by Gasteiger charge is -2.35. The Kier molecular flexibility index (Phi) is 6.03. The summed E-state index contributed by atoms with van der Waals surface area (Å²) in [6, 6.07) is 12.3. The Morgan fingerprint density at radius 1 is 1.18 bits per heavy atom. The van der Waals surface area contributed by atoms with Gasteiger partial charge in [0.15, 0.2) is 0 Å². The lowest BCUT2D eigenvalue weighted by molar-refractivity contribution is 0.110. The van der Waals surface area contributed by atoms with Gasteiger partial charge in [-0.25, -0.2) is 0 Å². The van der Waals surface area contributed by atoms with E-state index in [1.54, 1.807) is 7.11 Å². The van der Waals surface area contributed by atoms with Crippen molar-refractivity contribution in [2.75, 3.05) is 39.9 Å². The molecule has 1 saturated heterocycles. The zero-order valence-corrected chi connectivity index (χ0v) is 13.6. The minimum atomic E-state index is -0.0202. The summed E-state index contributed by atoms with van der Waals surface area (Å²) in [4.78, 5) is 2.33. The predicted molar refractivity (Wildman–Crippen MR) is 92.0 cm³/mol. The summed E-state index contributed by atoms with van der Waals surface area (Å²) in [5.74, 6) is 0.853. The molecule has 1 aliphatic heterocycles. The average molecular weight is 323 g/mol. The van der Waals surface area contributed by atoms with E-state index >= 15 is 0 Å². The van der Waals surface area contributed by atoms with Gasteiger partial charge in [-0.1, -0.05) is 30.3 Å². The highest BCUT2D eigenvalue weighted by atomic mass is 35.5. The molecule has 3 rings (SSSR count). The van der Waals surface area contributed by atoms with Crippen molar-refractivity contribution in [3.63, 3.8) is 0 Å². The molecule has 1 atom stereocenters. The Balaban J connectivity index is 0.00000176. The molecule has 1 fully saturated rings. The van der Waals surface area contributed by atoms with Gasteiger partial charge >= 0.3 is 0 Å². The largest absolute Gasteiger partial charge is 0.496 e. The zero-order chi connectivity index (χ0) is 14.7. The third-order valence-electron chi connectivity index (χ3n) is 4.25. The molecule has 22 heavy (non-hydrogen) atoms. The lowest BCUT2D eigenvalue weighted by atomic mass is 9.96. The first-order valence-electron chi connectivity index (χ1n) is 7.46. The number of benzene rings is 2. The molecule has 4 nitrogen and oxygen atoms in total. The van der Waals surface area contributed by atoms with E-state index in [2.05, 4.69) is 28.4 Å². The van der Waals surface area contributed by atoms with Crippen LogP contribution in [0.1, 0.15) is 11.6 Å². The fraction of sp³-hybridized carbons (Fsp3) is 0.412. The van der Waals surface area contributed by atoms with Crippen LogP contribution < -0.4 is 10.1 Å². The van der Waals surface area contributed by atoms with Gasteiger partial charge in [-0.2, -0.15) is 0 Å². The molecule has 0 bridgehead atoms.